The second kappa shape index (κ2) is 2.87. The molecule has 0 amide bonds. The molecule has 0 aromatic rings. The zero-order valence-corrected chi connectivity index (χ0v) is 12.6. The van der Waals surface area contributed by atoms with Crippen molar-refractivity contribution in [1.82, 2.24) is 0 Å². The van der Waals surface area contributed by atoms with E-state index in [1.807, 2.05) is 0 Å². The largest absolute Gasteiger partial charge is 0.0625 e. The molecule has 0 aromatic heterocycles. The smallest absolute Gasteiger partial charge is 0.0210 e. The Labute approximate surface area is 102 Å². The molecule has 0 saturated heterocycles. The lowest BCUT2D eigenvalue weighted by Crippen LogP contribution is -2.72. The molecular formula is C16H30. The summed E-state index contributed by atoms with van der Waals surface area (Å²) in [5.74, 6) is 1.72. The Kier molecular flexibility index (Phi) is 2.24. The highest BCUT2D eigenvalue weighted by molar-refractivity contribution is 5.22. The minimum absolute atomic E-state index is 0.489. The molecule has 0 heterocycles. The van der Waals surface area contributed by atoms with Crippen LogP contribution < -0.4 is 0 Å². The highest BCUT2D eigenvalue weighted by atomic mass is 14.8. The summed E-state index contributed by atoms with van der Waals surface area (Å²) in [4.78, 5) is 0. The standard InChI is InChI=1S/C16H30/c1-11(2)12-9-15(7)10-16(8,13(12,3)4)14(15,5)6/h11-12H,9-10H2,1-8H3. The highest BCUT2D eigenvalue weighted by Gasteiger charge is 2.74. The van der Waals surface area contributed by atoms with Crippen molar-refractivity contribution >= 4 is 0 Å². The number of hydrogen-bond donors (Lipinski definition) is 0. The third kappa shape index (κ3) is 1.03. The summed E-state index contributed by atoms with van der Waals surface area (Å²) in [5.41, 5.74) is 2.12. The van der Waals surface area contributed by atoms with Gasteiger partial charge in [0.1, 0.15) is 0 Å². The Bertz CT molecular complexity index is 310. The van der Waals surface area contributed by atoms with E-state index in [0.717, 1.165) is 11.8 Å². The summed E-state index contributed by atoms with van der Waals surface area (Å²) < 4.78 is 0. The molecule has 0 radical (unpaired) electrons. The van der Waals surface area contributed by atoms with Gasteiger partial charge in [-0.1, -0.05) is 55.4 Å². The van der Waals surface area contributed by atoms with E-state index >= 15 is 0 Å². The van der Waals surface area contributed by atoms with E-state index in [-0.39, 0.29) is 0 Å². The maximum absolute atomic E-state index is 2.54. The molecule has 3 atom stereocenters. The molecule has 0 heteroatoms. The van der Waals surface area contributed by atoms with Crippen molar-refractivity contribution < 1.29 is 0 Å². The van der Waals surface area contributed by atoms with Crippen molar-refractivity contribution in [2.45, 2.75) is 68.2 Å². The van der Waals surface area contributed by atoms with Crippen molar-refractivity contribution in [2.75, 3.05) is 0 Å². The fourth-order valence-electron chi connectivity index (χ4n) is 5.36. The Hall–Kier alpha value is 0. The summed E-state index contributed by atoms with van der Waals surface area (Å²) in [6.45, 7) is 20.0. The molecule has 3 fully saturated rings. The summed E-state index contributed by atoms with van der Waals surface area (Å²) in [6, 6.07) is 0. The van der Waals surface area contributed by atoms with Crippen LogP contribution in [0.4, 0.5) is 0 Å². The zero-order chi connectivity index (χ0) is 12.6. The first-order chi connectivity index (χ1) is 7.00. The van der Waals surface area contributed by atoms with E-state index < -0.39 is 0 Å². The van der Waals surface area contributed by atoms with Crippen LogP contribution in [0.3, 0.4) is 0 Å². The first-order valence-electron chi connectivity index (χ1n) is 7.00. The lowest BCUT2D eigenvalue weighted by Gasteiger charge is -2.79. The van der Waals surface area contributed by atoms with E-state index in [4.69, 9.17) is 0 Å². The van der Waals surface area contributed by atoms with Crippen LogP contribution in [0.5, 0.6) is 0 Å². The van der Waals surface area contributed by atoms with Gasteiger partial charge >= 0.3 is 0 Å². The SMILES string of the molecule is CC(C)C1CC2(C)CC(C)(C1(C)C)C2(C)C. The van der Waals surface area contributed by atoms with Crippen LogP contribution in [0.25, 0.3) is 0 Å². The van der Waals surface area contributed by atoms with Crippen molar-refractivity contribution in [3.8, 4) is 0 Å². The normalized spacial score (nSPS) is 48.9. The first kappa shape index (κ1) is 12.5. The predicted molar refractivity (Wildman–Crippen MR) is 71.3 cm³/mol. The van der Waals surface area contributed by atoms with Crippen molar-refractivity contribution in [1.29, 1.82) is 0 Å². The Morgan fingerprint density at radius 1 is 0.938 bits per heavy atom. The van der Waals surface area contributed by atoms with Crippen LogP contribution in [-0.2, 0) is 0 Å². The maximum Gasteiger partial charge on any atom is -0.0210 e. The number of hydrogen-bond acceptors (Lipinski definition) is 0. The summed E-state index contributed by atoms with van der Waals surface area (Å²) in [7, 11) is 0. The van der Waals surface area contributed by atoms with Gasteiger partial charge in [0.2, 0.25) is 0 Å². The molecule has 0 spiro atoms. The minimum Gasteiger partial charge on any atom is -0.0625 e. The Morgan fingerprint density at radius 3 is 1.81 bits per heavy atom. The molecule has 16 heavy (non-hydrogen) atoms. The first-order valence-corrected chi connectivity index (χ1v) is 7.00. The Morgan fingerprint density at radius 2 is 1.44 bits per heavy atom. The van der Waals surface area contributed by atoms with E-state index in [1.165, 1.54) is 12.8 Å². The Balaban J connectivity index is 2.45. The number of rotatable bonds is 1. The van der Waals surface area contributed by atoms with Gasteiger partial charge < -0.3 is 0 Å². The summed E-state index contributed by atoms with van der Waals surface area (Å²) in [6.07, 6.45) is 2.86. The molecular weight excluding hydrogens is 192 g/mol. The lowest BCUT2D eigenvalue weighted by atomic mass is 9.25. The van der Waals surface area contributed by atoms with Gasteiger partial charge in [-0.2, -0.15) is 0 Å². The van der Waals surface area contributed by atoms with Gasteiger partial charge in [0, 0.05) is 0 Å². The second-order valence-corrected chi connectivity index (χ2v) is 8.47. The van der Waals surface area contributed by atoms with Crippen LogP contribution >= 0.6 is 0 Å². The molecule has 3 aliphatic carbocycles. The molecule has 0 aromatic carbocycles. The topological polar surface area (TPSA) is 0 Å². The van der Waals surface area contributed by atoms with E-state index in [0.29, 0.717) is 21.7 Å². The average Bonchev–Trinajstić information content (AvgIpc) is 2.10. The molecule has 3 aliphatic rings. The molecule has 2 bridgehead atoms. The predicted octanol–water partition coefficient (Wildman–Crippen LogP) is 5.13. The van der Waals surface area contributed by atoms with Crippen molar-refractivity contribution in [3.05, 3.63) is 0 Å². The quantitative estimate of drug-likeness (QED) is 0.577. The maximum atomic E-state index is 2.54. The lowest BCUT2D eigenvalue weighted by molar-refractivity contribution is -0.306. The molecule has 3 saturated carbocycles. The highest BCUT2D eigenvalue weighted by Crippen LogP contribution is 2.81. The molecule has 0 nitrogen and oxygen atoms in total. The van der Waals surface area contributed by atoms with Crippen LogP contribution in [0, 0.1) is 33.5 Å². The van der Waals surface area contributed by atoms with Crippen molar-refractivity contribution in [2.24, 2.45) is 33.5 Å². The number of fused-ring (bicyclic) bond motifs is 2. The third-order valence-electron chi connectivity index (χ3n) is 7.46. The van der Waals surface area contributed by atoms with E-state index in [2.05, 4.69) is 55.4 Å². The molecule has 0 aliphatic heterocycles. The molecule has 3 unspecified atom stereocenters. The van der Waals surface area contributed by atoms with Crippen LogP contribution in [0.1, 0.15) is 68.2 Å². The molecule has 0 N–H and O–H groups in total. The van der Waals surface area contributed by atoms with Gasteiger partial charge in [-0.3, -0.25) is 0 Å². The van der Waals surface area contributed by atoms with Crippen LogP contribution in [-0.4, -0.2) is 0 Å². The fourth-order valence-corrected chi connectivity index (χ4v) is 5.36. The fraction of sp³-hybridized carbons (Fsp3) is 1.00. The van der Waals surface area contributed by atoms with Gasteiger partial charge in [-0.15, -0.1) is 0 Å². The van der Waals surface area contributed by atoms with Gasteiger partial charge in [0.25, 0.3) is 0 Å². The van der Waals surface area contributed by atoms with E-state index in [1.54, 1.807) is 0 Å². The second-order valence-electron chi connectivity index (χ2n) is 8.47. The van der Waals surface area contributed by atoms with Gasteiger partial charge in [-0.05, 0) is 46.3 Å². The summed E-state index contributed by atoms with van der Waals surface area (Å²) >= 11 is 0. The third-order valence-corrected chi connectivity index (χ3v) is 7.46. The zero-order valence-electron chi connectivity index (χ0n) is 12.6. The monoisotopic (exact) mass is 222 g/mol. The van der Waals surface area contributed by atoms with E-state index in [9.17, 15) is 0 Å². The van der Waals surface area contributed by atoms with Gasteiger partial charge in [0.15, 0.2) is 0 Å². The summed E-state index contributed by atoms with van der Waals surface area (Å²) in [5, 5.41) is 0. The molecule has 94 valence electrons. The van der Waals surface area contributed by atoms with Crippen molar-refractivity contribution in [3.63, 3.8) is 0 Å². The van der Waals surface area contributed by atoms with Gasteiger partial charge in [0.05, 0.1) is 0 Å². The van der Waals surface area contributed by atoms with Gasteiger partial charge in [-0.25, -0.2) is 0 Å². The average molecular weight is 222 g/mol. The minimum atomic E-state index is 0.489. The molecule has 3 rings (SSSR count). The van der Waals surface area contributed by atoms with Crippen LogP contribution in [0.15, 0.2) is 0 Å². The van der Waals surface area contributed by atoms with Crippen LogP contribution in [0.2, 0.25) is 0 Å².